The first kappa shape index (κ1) is 22.0. The molecule has 0 spiro atoms. The van der Waals surface area contributed by atoms with Gasteiger partial charge in [-0.25, -0.2) is 0 Å². The zero-order valence-electron chi connectivity index (χ0n) is 18.1. The third-order valence-electron chi connectivity index (χ3n) is 5.01. The molecule has 7 heteroatoms. The maximum atomic E-state index is 7.82. The van der Waals surface area contributed by atoms with Crippen LogP contribution in [0.2, 0.25) is 0 Å². The fourth-order valence-electron chi connectivity index (χ4n) is 3.45. The van der Waals surface area contributed by atoms with Crippen LogP contribution >= 0.6 is 0 Å². The Hall–Kier alpha value is -3.70. The minimum Gasteiger partial charge on any atom is -0.497 e. The smallest absolute Gasteiger partial charge is 0.128 e. The predicted molar refractivity (Wildman–Crippen MR) is 126 cm³/mol. The van der Waals surface area contributed by atoms with E-state index in [0.717, 1.165) is 45.6 Å². The summed E-state index contributed by atoms with van der Waals surface area (Å²) in [5, 5.41) is 5.73. The van der Waals surface area contributed by atoms with Crippen molar-refractivity contribution in [2.75, 3.05) is 20.8 Å². The average Bonchev–Trinajstić information content (AvgIpc) is 3.21. The Labute approximate surface area is 181 Å². The number of aromatic nitrogens is 2. The van der Waals surface area contributed by atoms with Gasteiger partial charge in [0, 0.05) is 39.5 Å². The first-order valence-corrected chi connectivity index (χ1v) is 10.3. The molecule has 0 aliphatic heterocycles. The fraction of sp³-hybridized carbons (Fsp3) is 0.292. The van der Waals surface area contributed by atoms with Crippen LogP contribution in [0.25, 0.3) is 43.5 Å². The van der Waals surface area contributed by atoms with Gasteiger partial charge >= 0.3 is 0 Å². The number of azide groups is 1. The van der Waals surface area contributed by atoms with Gasteiger partial charge in [-0.2, -0.15) is 0 Å². The number of aromatic amines is 1. The van der Waals surface area contributed by atoms with E-state index in [1.807, 2.05) is 42.6 Å². The molecule has 160 valence electrons. The number of ether oxygens (including phenoxy) is 2. The lowest BCUT2D eigenvalue weighted by Gasteiger charge is -2.10. The normalized spacial score (nSPS) is 10.3. The van der Waals surface area contributed by atoms with Gasteiger partial charge in [-0.15, -0.1) is 0 Å². The van der Waals surface area contributed by atoms with Crippen LogP contribution in [0.15, 0.2) is 59.8 Å². The van der Waals surface area contributed by atoms with Gasteiger partial charge in [-0.1, -0.05) is 43.1 Å². The summed E-state index contributed by atoms with van der Waals surface area (Å²) in [6, 6.07) is 16.0. The largest absolute Gasteiger partial charge is 0.497 e. The lowest BCUT2D eigenvalue weighted by molar-refractivity contribution is 0.404. The summed E-state index contributed by atoms with van der Waals surface area (Å²) in [5.41, 5.74) is 11.7. The number of H-pyrrole nitrogens is 1. The second-order valence-electron chi connectivity index (χ2n) is 6.98. The minimum atomic E-state index is 0.657. The molecule has 2 aromatic carbocycles. The van der Waals surface area contributed by atoms with E-state index in [9.17, 15) is 0 Å². The summed E-state index contributed by atoms with van der Waals surface area (Å²) in [5.74, 6) is 1.54. The van der Waals surface area contributed by atoms with Gasteiger partial charge < -0.3 is 14.5 Å². The standard InChI is InChI=1S/C19H16N2O2.C5H11N3/c1-22-12-7-8-17(23-2)15(11-12)18-19-14(9-10-20-18)13-5-3-4-6-16(13)21-19;1-2-3-4-5-7-8-6/h3-11,21H,1-2H3;2-5H2,1H3. The highest BCUT2D eigenvalue weighted by Gasteiger charge is 2.15. The Kier molecular flexibility index (Phi) is 7.73. The van der Waals surface area contributed by atoms with Crippen molar-refractivity contribution in [3.8, 4) is 22.8 Å². The van der Waals surface area contributed by atoms with Crippen molar-refractivity contribution in [1.82, 2.24) is 9.97 Å². The van der Waals surface area contributed by atoms with Crippen LogP contribution in [0.4, 0.5) is 0 Å². The Bertz CT molecular complexity index is 1200. The van der Waals surface area contributed by atoms with Gasteiger partial charge in [-0.05, 0) is 42.3 Å². The van der Waals surface area contributed by atoms with Gasteiger partial charge in [0.25, 0.3) is 0 Å². The van der Waals surface area contributed by atoms with E-state index >= 15 is 0 Å². The van der Waals surface area contributed by atoms with Gasteiger partial charge in [0.2, 0.25) is 0 Å². The number of hydrogen-bond donors (Lipinski definition) is 1. The molecule has 4 rings (SSSR count). The first-order valence-electron chi connectivity index (χ1n) is 10.3. The molecule has 0 fully saturated rings. The quantitative estimate of drug-likeness (QED) is 0.153. The first-order chi connectivity index (χ1) is 15.2. The zero-order chi connectivity index (χ0) is 22.1. The van der Waals surface area contributed by atoms with Crippen molar-refractivity contribution < 1.29 is 9.47 Å². The van der Waals surface area contributed by atoms with Crippen molar-refractivity contribution in [1.29, 1.82) is 0 Å². The molecule has 0 amide bonds. The van der Waals surface area contributed by atoms with E-state index < -0.39 is 0 Å². The molecule has 0 bridgehead atoms. The number of fused-ring (bicyclic) bond motifs is 3. The average molecular weight is 418 g/mol. The van der Waals surface area contributed by atoms with Crippen LogP contribution in [0, 0.1) is 0 Å². The Morgan fingerprint density at radius 3 is 2.61 bits per heavy atom. The highest BCUT2D eigenvalue weighted by Crippen LogP contribution is 2.37. The van der Waals surface area contributed by atoms with Crippen LogP contribution in [0.5, 0.6) is 11.5 Å². The van der Waals surface area contributed by atoms with Crippen LogP contribution in [0.3, 0.4) is 0 Å². The van der Waals surface area contributed by atoms with Gasteiger partial charge in [0.05, 0.1) is 25.4 Å². The van der Waals surface area contributed by atoms with Crippen LogP contribution in [-0.4, -0.2) is 30.7 Å². The number of methoxy groups -OCH3 is 2. The van der Waals surface area contributed by atoms with E-state index in [2.05, 4.69) is 39.1 Å². The molecule has 0 unspecified atom stereocenters. The molecule has 4 aromatic rings. The van der Waals surface area contributed by atoms with Crippen molar-refractivity contribution >= 4 is 21.8 Å². The maximum Gasteiger partial charge on any atom is 0.128 e. The lowest BCUT2D eigenvalue weighted by atomic mass is 10.1. The number of nitrogens with zero attached hydrogens (tertiary/aromatic N) is 4. The molecular formula is C24H27N5O2. The number of nitrogens with one attached hydrogen (secondary N) is 1. The molecule has 0 saturated heterocycles. The number of rotatable bonds is 7. The van der Waals surface area contributed by atoms with Crippen LogP contribution < -0.4 is 9.47 Å². The summed E-state index contributed by atoms with van der Waals surface area (Å²) >= 11 is 0. The molecule has 31 heavy (non-hydrogen) atoms. The van der Waals surface area contributed by atoms with E-state index in [0.29, 0.717) is 6.54 Å². The second-order valence-corrected chi connectivity index (χ2v) is 6.98. The lowest BCUT2D eigenvalue weighted by Crippen LogP contribution is -1.93. The monoisotopic (exact) mass is 417 g/mol. The number of pyridine rings is 1. The van der Waals surface area contributed by atoms with Gasteiger partial charge in [0.1, 0.15) is 11.5 Å². The molecule has 0 aliphatic carbocycles. The third kappa shape index (κ3) is 5.08. The minimum absolute atomic E-state index is 0.657. The summed E-state index contributed by atoms with van der Waals surface area (Å²) in [4.78, 5) is 10.7. The number of para-hydroxylation sites is 1. The topological polar surface area (TPSA) is 95.9 Å². The molecule has 0 saturated carbocycles. The molecule has 7 nitrogen and oxygen atoms in total. The van der Waals surface area contributed by atoms with Crippen molar-refractivity contribution in [2.24, 2.45) is 5.11 Å². The van der Waals surface area contributed by atoms with Crippen LogP contribution in [-0.2, 0) is 0 Å². The SMILES string of the molecule is CCCCCN=[N+]=[N-].COc1ccc(OC)c(-c2nccc3c2[nH]c2ccccc23)c1. The molecule has 0 radical (unpaired) electrons. The third-order valence-corrected chi connectivity index (χ3v) is 5.01. The number of hydrogen-bond acceptors (Lipinski definition) is 4. The molecule has 0 atom stereocenters. The summed E-state index contributed by atoms with van der Waals surface area (Å²) < 4.78 is 10.9. The summed E-state index contributed by atoms with van der Waals surface area (Å²) in [7, 11) is 3.32. The zero-order valence-corrected chi connectivity index (χ0v) is 18.1. The van der Waals surface area contributed by atoms with Gasteiger partial charge in [0.15, 0.2) is 0 Å². The van der Waals surface area contributed by atoms with E-state index in [1.165, 1.54) is 18.2 Å². The van der Waals surface area contributed by atoms with Crippen LogP contribution in [0.1, 0.15) is 26.2 Å². The highest BCUT2D eigenvalue weighted by molar-refractivity contribution is 6.11. The predicted octanol–water partition coefficient (Wildman–Crippen LogP) is 6.89. The van der Waals surface area contributed by atoms with Crippen molar-refractivity contribution in [3.63, 3.8) is 0 Å². The Morgan fingerprint density at radius 1 is 1.03 bits per heavy atom. The van der Waals surface area contributed by atoms with E-state index in [4.69, 9.17) is 15.0 Å². The summed E-state index contributed by atoms with van der Waals surface area (Å²) in [6.45, 7) is 2.78. The van der Waals surface area contributed by atoms with E-state index in [-0.39, 0.29) is 0 Å². The number of benzene rings is 2. The van der Waals surface area contributed by atoms with Crippen molar-refractivity contribution in [3.05, 3.63) is 65.2 Å². The van der Waals surface area contributed by atoms with Gasteiger partial charge in [-0.3, -0.25) is 4.98 Å². The Balaban J connectivity index is 0.000000293. The summed E-state index contributed by atoms with van der Waals surface area (Å²) in [6.07, 6.45) is 5.21. The van der Waals surface area contributed by atoms with E-state index in [1.54, 1.807) is 14.2 Å². The van der Waals surface area contributed by atoms with Crippen molar-refractivity contribution in [2.45, 2.75) is 26.2 Å². The molecular weight excluding hydrogens is 390 g/mol. The molecule has 2 aromatic heterocycles. The highest BCUT2D eigenvalue weighted by atomic mass is 16.5. The molecule has 2 heterocycles. The number of unbranched alkanes of at least 4 members (excludes halogenated alkanes) is 2. The molecule has 1 N–H and O–H groups in total. The maximum absolute atomic E-state index is 7.82. The fourth-order valence-corrected chi connectivity index (χ4v) is 3.45. The second kappa shape index (κ2) is 10.9. The Morgan fingerprint density at radius 2 is 1.87 bits per heavy atom. The molecule has 0 aliphatic rings.